The van der Waals surface area contributed by atoms with E-state index >= 15 is 0 Å². The van der Waals surface area contributed by atoms with E-state index in [1.807, 2.05) is 31.2 Å². The van der Waals surface area contributed by atoms with E-state index in [-0.39, 0.29) is 11.9 Å². The van der Waals surface area contributed by atoms with Crippen LogP contribution < -0.4 is 10.6 Å². The number of hydrogen-bond acceptors (Lipinski definition) is 3. The van der Waals surface area contributed by atoms with Crippen molar-refractivity contribution in [3.63, 3.8) is 0 Å². The second-order valence-electron chi connectivity index (χ2n) is 4.01. The molecule has 0 aliphatic carbocycles. The Morgan fingerprint density at radius 2 is 2.28 bits per heavy atom. The topological polar surface area (TPSA) is 50.4 Å². The highest BCUT2D eigenvalue weighted by atomic mass is 79.9. The van der Waals surface area contributed by atoms with E-state index in [2.05, 4.69) is 26.6 Å². The Hall–Kier alpha value is -1.07. The number of carbonyl (C=O) groups excluding carboxylic acids is 1. The number of rotatable bonds is 7. The van der Waals surface area contributed by atoms with E-state index in [1.165, 1.54) is 0 Å². The molecule has 0 radical (unpaired) electrons. The number of hydrogen-bond donors (Lipinski definition) is 2. The molecule has 1 amide bonds. The van der Waals surface area contributed by atoms with E-state index in [1.54, 1.807) is 7.11 Å². The Labute approximate surface area is 116 Å². The van der Waals surface area contributed by atoms with Gasteiger partial charge in [0.25, 0.3) is 0 Å². The van der Waals surface area contributed by atoms with Crippen molar-refractivity contribution in [2.45, 2.75) is 19.4 Å². The predicted molar refractivity (Wildman–Crippen MR) is 76.7 cm³/mol. The van der Waals surface area contributed by atoms with E-state index in [4.69, 9.17) is 4.74 Å². The maximum Gasteiger partial charge on any atom is 0.242 e. The summed E-state index contributed by atoms with van der Waals surface area (Å²) in [5, 5.41) is 6.01. The molecule has 0 heterocycles. The minimum atomic E-state index is -0.262. The lowest BCUT2D eigenvalue weighted by Gasteiger charge is -2.15. The van der Waals surface area contributed by atoms with Crippen molar-refractivity contribution in [3.05, 3.63) is 28.7 Å². The van der Waals surface area contributed by atoms with Crippen LogP contribution in [0.5, 0.6) is 0 Å². The lowest BCUT2D eigenvalue weighted by molar-refractivity contribution is -0.121. The van der Waals surface area contributed by atoms with E-state index in [9.17, 15) is 4.79 Å². The minimum Gasteiger partial charge on any atom is -0.385 e. The maximum atomic E-state index is 11.8. The third-order valence-electron chi connectivity index (χ3n) is 2.43. The lowest BCUT2D eigenvalue weighted by atomic mass is 10.2. The fraction of sp³-hybridized carbons (Fsp3) is 0.462. The monoisotopic (exact) mass is 314 g/mol. The van der Waals surface area contributed by atoms with Gasteiger partial charge in [-0.2, -0.15) is 0 Å². The van der Waals surface area contributed by atoms with Crippen molar-refractivity contribution in [1.29, 1.82) is 0 Å². The number of ether oxygens (including phenoxy) is 1. The molecule has 0 aromatic heterocycles. The SMILES string of the molecule is COCCCNC(=O)C(C)Nc1cccc(Br)c1. The zero-order valence-corrected chi connectivity index (χ0v) is 12.3. The molecular formula is C13H19BrN2O2. The van der Waals surface area contributed by atoms with Crippen LogP contribution >= 0.6 is 15.9 Å². The molecule has 0 spiro atoms. The van der Waals surface area contributed by atoms with Gasteiger partial charge in [-0.15, -0.1) is 0 Å². The highest BCUT2D eigenvalue weighted by molar-refractivity contribution is 9.10. The quantitative estimate of drug-likeness (QED) is 0.760. The molecule has 1 unspecified atom stereocenters. The number of halogens is 1. The molecule has 0 bridgehead atoms. The number of methoxy groups -OCH3 is 1. The first-order chi connectivity index (χ1) is 8.63. The van der Waals surface area contributed by atoms with Gasteiger partial charge in [0.2, 0.25) is 5.91 Å². The smallest absolute Gasteiger partial charge is 0.242 e. The first-order valence-electron chi connectivity index (χ1n) is 5.92. The summed E-state index contributed by atoms with van der Waals surface area (Å²) in [4.78, 5) is 11.8. The van der Waals surface area contributed by atoms with Crippen LogP contribution in [0.1, 0.15) is 13.3 Å². The maximum absolute atomic E-state index is 11.8. The molecule has 1 aromatic carbocycles. The van der Waals surface area contributed by atoms with Crippen LogP contribution in [0.25, 0.3) is 0 Å². The van der Waals surface area contributed by atoms with Crippen LogP contribution in [0.3, 0.4) is 0 Å². The molecule has 1 atom stereocenters. The molecular weight excluding hydrogens is 296 g/mol. The molecule has 4 nitrogen and oxygen atoms in total. The average Bonchev–Trinajstić information content (AvgIpc) is 2.34. The average molecular weight is 315 g/mol. The number of nitrogens with one attached hydrogen (secondary N) is 2. The summed E-state index contributed by atoms with van der Waals surface area (Å²) in [6.07, 6.45) is 0.825. The molecule has 0 aliphatic rings. The zero-order valence-electron chi connectivity index (χ0n) is 10.7. The summed E-state index contributed by atoms with van der Waals surface area (Å²) in [5.41, 5.74) is 0.920. The molecule has 5 heteroatoms. The zero-order chi connectivity index (χ0) is 13.4. The van der Waals surface area contributed by atoms with Crippen molar-refractivity contribution >= 4 is 27.5 Å². The molecule has 0 saturated heterocycles. The van der Waals surface area contributed by atoms with Crippen LogP contribution in [0, 0.1) is 0 Å². The summed E-state index contributed by atoms with van der Waals surface area (Å²) >= 11 is 3.39. The van der Waals surface area contributed by atoms with Gasteiger partial charge < -0.3 is 15.4 Å². The molecule has 2 N–H and O–H groups in total. The van der Waals surface area contributed by atoms with Gasteiger partial charge in [0.1, 0.15) is 6.04 Å². The Kier molecular flexibility index (Phi) is 6.75. The Morgan fingerprint density at radius 1 is 1.50 bits per heavy atom. The molecule has 18 heavy (non-hydrogen) atoms. The fourth-order valence-corrected chi connectivity index (χ4v) is 1.87. The molecule has 0 saturated carbocycles. The molecule has 1 rings (SSSR count). The van der Waals surface area contributed by atoms with Crippen molar-refractivity contribution in [2.75, 3.05) is 25.6 Å². The second-order valence-corrected chi connectivity index (χ2v) is 4.93. The Morgan fingerprint density at radius 3 is 2.94 bits per heavy atom. The van der Waals surface area contributed by atoms with Crippen molar-refractivity contribution in [1.82, 2.24) is 5.32 Å². The van der Waals surface area contributed by atoms with Gasteiger partial charge in [-0.05, 0) is 31.5 Å². The van der Waals surface area contributed by atoms with Crippen LogP contribution in [-0.4, -0.2) is 32.2 Å². The van der Waals surface area contributed by atoms with E-state index in [0.29, 0.717) is 13.2 Å². The summed E-state index contributed by atoms with van der Waals surface area (Å²) in [5.74, 6) is -0.00826. The third kappa shape index (κ3) is 5.51. The lowest BCUT2D eigenvalue weighted by Crippen LogP contribution is -2.38. The van der Waals surface area contributed by atoms with E-state index < -0.39 is 0 Å². The van der Waals surface area contributed by atoms with Gasteiger partial charge in [0.05, 0.1) is 0 Å². The summed E-state index contributed by atoms with van der Waals surface area (Å²) in [6, 6.07) is 7.48. The summed E-state index contributed by atoms with van der Waals surface area (Å²) in [7, 11) is 1.65. The van der Waals surface area contributed by atoms with Crippen molar-refractivity contribution in [2.24, 2.45) is 0 Å². The van der Waals surface area contributed by atoms with Crippen LogP contribution in [0.15, 0.2) is 28.7 Å². The second kappa shape index (κ2) is 8.11. The first-order valence-corrected chi connectivity index (χ1v) is 6.71. The standard InChI is InChI=1S/C13H19BrN2O2/c1-10(13(17)15-7-4-8-18-2)16-12-6-3-5-11(14)9-12/h3,5-6,9-10,16H,4,7-8H2,1-2H3,(H,15,17). The van der Waals surface area contributed by atoms with Crippen LogP contribution in [0.4, 0.5) is 5.69 Å². The third-order valence-corrected chi connectivity index (χ3v) is 2.92. The van der Waals surface area contributed by atoms with Gasteiger partial charge in [-0.3, -0.25) is 4.79 Å². The van der Waals surface area contributed by atoms with Crippen LogP contribution in [0.2, 0.25) is 0 Å². The van der Waals surface area contributed by atoms with Gasteiger partial charge in [0.15, 0.2) is 0 Å². The number of benzene rings is 1. The van der Waals surface area contributed by atoms with E-state index in [0.717, 1.165) is 16.6 Å². The number of anilines is 1. The number of amides is 1. The number of carbonyl (C=O) groups is 1. The Balaban J connectivity index is 2.35. The predicted octanol–water partition coefficient (Wildman–Crippen LogP) is 2.40. The van der Waals surface area contributed by atoms with Crippen molar-refractivity contribution in [3.8, 4) is 0 Å². The van der Waals surface area contributed by atoms with Gasteiger partial charge in [-0.25, -0.2) is 0 Å². The van der Waals surface area contributed by atoms with Crippen molar-refractivity contribution < 1.29 is 9.53 Å². The minimum absolute atomic E-state index is 0.00826. The molecule has 100 valence electrons. The summed E-state index contributed by atoms with van der Waals surface area (Å²) in [6.45, 7) is 3.14. The Bertz CT molecular complexity index is 385. The largest absolute Gasteiger partial charge is 0.385 e. The normalized spacial score (nSPS) is 11.9. The van der Waals surface area contributed by atoms with Crippen LogP contribution in [-0.2, 0) is 9.53 Å². The highest BCUT2D eigenvalue weighted by Gasteiger charge is 2.11. The molecule has 0 fully saturated rings. The molecule has 1 aromatic rings. The highest BCUT2D eigenvalue weighted by Crippen LogP contribution is 2.16. The van der Waals surface area contributed by atoms with Gasteiger partial charge in [-0.1, -0.05) is 22.0 Å². The summed E-state index contributed by atoms with van der Waals surface area (Å²) < 4.78 is 5.91. The van der Waals surface area contributed by atoms with Gasteiger partial charge in [0, 0.05) is 30.4 Å². The van der Waals surface area contributed by atoms with Gasteiger partial charge >= 0.3 is 0 Å². The fourth-order valence-electron chi connectivity index (χ4n) is 1.47. The first kappa shape index (κ1) is 15.0. The molecule has 0 aliphatic heterocycles.